The van der Waals surface area contributed by atoms with Crippen molar-refractivity contribution in [3.8, 4) is 23.0 Å². The van der Waals surface area contributed by atoms with Crippen LogP contribution in [0.15, 0.2) is 108 Å². The second-order valence-corrected chi connectivity index (χ2v) is 24.4. The maximum Gasteiger partial charge on any atom is 0.453 e. The van der Waals surface area contributed by atoms with E-state index < -0.39 is 57.7 Å². The van der Waals surface area contributed by atoms with Crippen LogP contribution in [-0.4, -0.2) is 184 Å². The molecule has 6 rings (SSSR count). The molecule has 0 bridgehead atoms. The standard InChI is InChI=1S/C56H73ClN7O18PS/c1-41(58)54(70)64-27-5-8-52(64)83(73,81-46-6-3-2-4-7-46)82-47-15-11-43(12-16-47)60-50(66)40-79-39-38-78-35-32-63(51(67)21-22-53(68)69)31-34-77-37-36-76-33-26-59-49(65)23-28-62-29-24-56(25-30-62,55(71)61-72)84(74,75)48-19-17-45(18-20-48)80-44-13-9-42(57)10-14-44/h2-4,6-7,9-20,41,52,72H,5,8,21-40,58H2,1H3,(H,59,65)(H,60,66)(H,61,71)(H,68,69). The summed E-state index contributed by atoms with van der Waals surface area (Å²) in [6.45, 7) is 3.63. The first-order valence-corrected chi connectivity index (χ1v) is 30.8. The number of hydroxylamine groups is 1. The molecule has 28 heteroatoms. The van der Waals surface area contributed by atoms with Crippen molar-refractivity contribution in [1.29, 1.82) is 0 Å². The number of anilines is 1. The monoisotopic (exact) mass is 1230 g/mol. The van der Waals surface area contributed by atoms with Crippen LogP contribution in [0.4, 0.5) is 5.69 Å². The van der Waals surface area contributed by atoms with Gasteiger partial charge in [0.1, 0.15) is 29.6 Å². The van der Waals surface area contributed by atoms with Crippen molar-refractivity contribution < 1.29 is 84.8 Å². The SMILES string of the molecule is CC(N)C(=O)N1CCCC1P(=O)(Oc1ccccc1)Oc1ccc(NC(=O)COCCOCCN(CCOCCOCCNC(=O)CCN2CCC(C(=O)NO)(S(=O)(=O)c3ccc(Oc4ccc(Cl)cc4)cc3)CC2)C(=O)CCC(=O)O)cc1. The Labute approximate surface area is 492 Å². The molecule has 7 N–H and O–H groups in total. The van der Waals surface area contributed by atoms with E-state index >= 15 is 0 Å². The minimum atomic E-state index is -4.29. The number of amides is 5. The molecule has 2 heterocycles. The van der Waals surface area contributed by atoms with E-state index in [2.05, 4.69) is 10.6 Å². The van der Waals surface area contributed by atoms with E-state index in [0.29, 0.717) is 53.9 Å². The number of carbonyl (C=O) groups excluding carboxylic acids is 5. The summed E-state index contributed by atoms with van der Waals surface area (Å²) in [6, 6.07) is 26.1. The number of ether oxygens (including phenoxy) is 5. The number of nitrogens with zero attached hydrogens (tertiary/aromatic N) is 3. The van der Waals surface area contributed by atoms with Crippen LogP contribution in [0, 0.1) is 0 Å². The lowest BCUT2D eigenvalue weighted by atomic mass is 9.94. The zero-order valence-electron chi connectivity index (χ0n) is 46.6. The number of carboxylic acids is 1. The Balaban J connectivity index is 0.818. The average molecular weight is 1230 g/mol. The predicted octanol–water partition coefficient (Wildman–Crippen LogP) is 5.10. The molecule has 2 aliphatic heterocycles. The molecule has 2 fully saturated rings. The number of likely N-dealkylation sites (tertiary alicyclic amines) is 2. The van der Waals surface area contributed by atoms with Gasteiger partial charge in [-0.05, 0) is 118 Å². The Morgan fingerprint density at radius 3 is 1.90 bits per heavy atom. The maximum absolute atomic E-state index is 14.5. The summed E-state index contributed by atoms with van der Waals surface area (Å²) in [6.07, 6.45) is 0.264. The van der Waals surface area contributed by atoms with Gasteiger partial charge in [-0.25, -0.2) is 18.5 Å². The molecule has 458 valence electrons. The molecular formula is C56H73ClN7O18PS. The maximum atomic E-state index is 14.5. The molecule has 5 amide bonds. The molecule has 0 saturated carbocycles. The van der Waals surface area contributed by atoms with E-state index in [1.54, 1.807) is 79.1 Å². The lowest BCUT2D eigenvalue weighted by molar-refractivity contribution is -0.141. The van der Waals surface area contributed by atoms with Crippen LogP contribution in [0.3, 0.4) is 0 Å². The fourth-order valence-electron chi connectivity index (χ4n) is 9.12. The van der Waals surface area contributed by atoms with E-state index in [1.807, 2.05) is 4.90 Å². The summed E-state index contributed by atoms with van der Waals surface area (Å²) < 4.78 is 80.4. The average Bonchev–Trinajstić information content (AvgIpc) is 1.34. The van der Waals surface area contributed by atoms with Crippen LogP contribution in [-0.2, 0) is 62.1 Å². The van der Waals surface area contributed by atoms with Crippen LogP contribution in [0.25, 0.3) is 0 Å². The fourth-order valence-corrected chi connectivity index (χ4v) is 13.4. The predicted molar refractivity (Wildman–Crippen MR) is 307 cm³/mol. The lowest BCUT2D eigenvalue weighted by Gasteiger charge is -2.39. The second kappa shape index (κ2) is 33.1. The number of rotatable bonds is 35. The number of nitrogens with two attached hydrogens (primary N) is 1. The molecule has 3 unspecified atom stereocenters. The highest BCUT2D eigenvalue weighted by atomic mass is 35.5. The van der Waals surface area contributed by atoms with Gasteiger partial charge >= 0.3 is 13.6 Å². The molecular weight excluding hydrogens is 1160 g/mol. The highest BCUT2D eigenvalue weighted by Crippen LogP contribution is 2.57. The minimum Gasteiger partial charge on any atom is -0.481 e. The van der Waals surface area contributed by atoms with Gasteiger partial charge in [-0.15, -0.1) is 0 Å². The van der Waals surface area contributed by atoms with E-state index in [-0.39, 0.29) is 140 Å². The first-order chi connectivity index (χ1) is 40.3. The van der Waals surface area contributed by atoms with Crippen molar-refractivity contribution in [2.75, 3.05) is 104 Å². The molecule has 0 radical (unpaired) electrons. The van der Waals surface area contributed by atoms with Crippen LogP contribution >= 0.6 is 19.2 Å². The summed E-state index contributed by atoms with van der Waals surface area (Å²) in [4.78, 5) is 79.9. The van der Waals surface area contributed by atoms with Crippen LogP contribution in [0.2, 0.25) is 5.02 Å². The summed E-state index contributed by atoms with van der Waals surface area (Å²) >= 11 is 5.93. The number of sulfone groups is 1. The Morgan fingerprint density at radius 1 is 0.738 bits per heavy atom. The smallest absolute Gasteiger partial charge is 0.453 e. The minimum absolute atomic E-state index is 0.0488. The van der Waals surface area contributed by atoms with E-state index in [1.165, 1.54) is 46.2 Å². The summed E-state index contributed by atoms with van der Waals surface area (Å²) in [5.74, 6) is -3.14. The van der Waals surface area contributed by atoms with Gasteiger partial charge in [0.05, 0.1) is 63.6 Å². The third-order valence-corrected chi connectivity index (χ3v) is 18.6. The van der Waals surface area contributed by atoms with Crippen molar-refractivity contribution in [2.45, 2.75) is 73.3 Å². The van der Waals surface area contributed by atoms with Gasteiger partial charge in [-0.3, -0.25) is 34.0 Å². The molecule has 0 spiro atoms. The first-order valence-electron chi connectivity index (χ1n) is 27.3. The molecule has 25 nitrogen and oxygen atoms in total. The number of aliphatic carboxylic acids is 1. The van der Waals surface area contributed by atoms with Crippen LogP contribution in [0.5, 0.6) is 23.0 Å². The highest BCUT2D eigenvalue weighted by Gasteiger charge is 2.53. The lowest BCUT2D eigenvalue weighted by Crippen LogP contribution is -2.57. The second-order valence-electron chi connectivity index (χ2n) is 19.6. The molecule has 4 aromatic carbocycles. The van der Waals surface area contributed by atoms with Crippen molar-refractivity contribution in [3.63, 3.8) is 0 Å². The number of nitrogens with one attached hydrogen (secondary N) is 3. The molecule has 3 atom stereocenters. The van der Waals surface area contributed by atoms with Gasteiger partial charge < -0.3 is 68.9 Å². The van der Waals surface area contributed by atoms with Crippen molar-refractivity contribution in [1.82, 2.24) is 25.5 Å². The fraction of sp³-hybridized carbons (Fsp3) is 0.464. The van der Waals surface area contributed by atoms with Crippen molar-refractivity contribution >= 4 is 70.2 Å². The number of halogens is 1. The van der Waals surface area contributed by atoms with Gasteiger partial charge in [-0.2, -0.15) is 0 Å². The molecule has 2 aliphatic rings. The largest absolute Gasteiger partial charge is 0.481 e. The quantitative estimate of drug-likeness (QED) is 0.0151. The van der Waals surface area contributed by atoms with Crippen molar-refractivity contribution in [3.05, 3.63) is 108 Å². The Bertz CT molecular complexity index is 2940. The zero-order valence-corrected chi connectivity index (χ0v) is 49.1. The van der Waals surface area contributed by atoms with Gasteiger partial charge in [0, 0.05) is 69.4 Å². The van der Waals surface area contributed by atoms with Crippen LogP contribution in [0.1, 0.15) is 51.9 Å². The van der Waals surface area contributed by atoms with Gasteiger partial charge in [-0.1, -0.05) is 29.8 Å². The van der Waals surface area contributed by atoms with Crippen molar-refractivity contribution in [2.24, 2.45) is 5.73 Å². The summed E-state index contributed by atoms with van der Waals surface area (Å²) in [5, 5.41) is 24.7. The third kappa shape index (κ3) is 20.0. The normalized spacial score (nSPS) is 16.1. The molecule has 2 saturated heterocycles. The number of benzene rings is 4. The third-order valence-electron chi connectivity index (χ3n) is 13.6. The summed E-state index contributed by atoms with van der Waals surface area (Å²) in [5.41, 5.74) is 7.84. The van der Waals surface area contributed by atoms with Crippen LogP contribution < -0.4 is 35.6 Å². The summed E-state index contributed by atoms with van der Waals surface area (Å²) in [7, 11) is -8.32. The first kappa shape index (κ1) is 66.4. The number of hydrogen-bond acceptors (Lipinski definition) is 19. The Kier molecular flexibility index (Phi) is 26.2. The van der Waals surface area contributed by atoms with E-state index in [9.17, 15) is 47.0 Å². The van der Waals surface area contributed by atoms with Gasteiger partial charge in [0.25, 0.3) is 5.91 Å². The number of para-hydroxylation sites is 1. The topological polar surface area (TPSA) is 331 Å². The zero-order chi connectivity index (χ0) is 60.5. The van der Waals surface area contributed by atoms with Gasteiger partial charge in [0.15, 0.2) is 20.4 Å². The molecule has 4 aromatic rings. The number of hydrogen-bond donors (Lipinski definition) is 6. The van der Waals surface area contributed by atoms with E-state index in [0.717, 1.165) is 0 Å². The molecule has 0 aromatic heterocycles. The number of piperidine rings is 1. The van der Waals surface area contributed by atoms with Gasteiger partial charge in [0.2, 0.25) is 23.6 Å². The number of carboxylic acid groups (broad SMARTS) is 1. The van der Waals surface area contributed by atoms with E-state index in [4.69, 9.17) is 55.2 Å². The Hall–Kier alpha value is -6.71. The number of carbonyl (C=O) groups is 6. The highest BCUT2D eigenvalue weighted by molar-refractivity contribution is 7.93. The Morgan fingerprint density at radius 2 is 1.31 bits per heavy atom. The molecule has 0 aliphatic carbocycles. The molecule has 84 heavy (non-hydrogen) atoms.